The lowest BCUT2D eigenvalue weighted by atomic mass is 10.2. The lowest BCUT2D eigenvalue weighted by Crippen LogP contribution is -1.98. The molecule has 0 aromatic carbocycles. The number of thiophene rings is 1. The minimum absolute atomic E-state index is 0.103. The van der Waals surface area contributed by atoms with Crippen LogP contribution in [0.5, 0.6) is 5.75 Å². The van der Waals surface area contributed by atoms with Gasteiger partial charge in [0.25, 0.3) is 0 Å². The third kappa shape index (κ3) is 0.580. The fourth-order valence-electron chi connectivity index (χ4n) is 0.821. The zero-order valence-corrected chi connectivity index (χ0v) is 5.40. The summed E-state index contributed by atoms with van der Waals surface area (Å²) in [4.78, 5) is 10.8. The molecule has 0 saturated carbocycles. The SMILES string of the molecule is O=C1COc2cscc21. The van der Waals surface area contributed by atoms with Gasteiger partial charge >= 0.3 is 0 Å². The van der Waals surface area contributed by atoms with Crippen LogP contribution in [0.3, 0.4) is 0 Å². The van der Waals surface area contributed by atoms with Gasteiger partial charge in [-0.3, -0.25) is 4.79 Å². The van der Waals surface area contributed by atoms with Crippen molar-refractivity contribution in [2.45, 2.75) is 0 Å². The Balaban J connectivity index is 2.61. The van der Waals surface area contributed by atoms with Crippen molar-refractivity contribution in [1.82, 2.24) is 0 Å². The predicted molar refractivity (Wildman–Crippen MR) is 34.1 cm³/mol. The molecule has 1 aliphatic heterocycles. The first-order valence-corrected chi connectivity index (χ1v) is 3.54. The maximum atomic E-state index is 10.8. The van der Waals surface area contributed by atoms with Crippen LogP contribution >= 0.6 is 11.3 Å². The second-order valence-electron chi connectivity index (χ2n) is 1.86. The van der Waals surface area contributed by atoms with Gasteiger partial charge in [0, 0.05) is 10.8 Å². The molecule has 1 aromatic rings. The van der Waals surface area contributed by atoms with Crippen molar-refractivity contribution < 1.29 is 9.53 Å². The summed E-state index contributed by atoms with van der Waals surface area (Å²) in [5.74, 6) is 0.858. The van der Waals surface area contributed by atoms with Gasteiger partial charge in [-0.2, -0.15) is 0 Å². The highest BCUT2D eigenvalue weighted by atomic mass is 32.1. The van der Waals surface area contributed by atoms with Crippen molar-refractivity contribution in [2.75, 3.05) is 6.61 Å². The first-order chi connectivity index (χ1) is 4.38. The van der Waals surface area contributed by atoms with Crippen LogP contribution in [-0.4, -0.2) is 12.4 Å². The molecule has 0 atom stereocenters. The van der Waals surface area contributed by atoms with E-state index in [1.165, 1.54) is 11.3 Å². The van der Waals surface area contributed by atoms with Crippen LogP contribution in [0.15, 0.2) is 10.8 Å². The molecule has 0 amide bonds. The van der Waals surface area contributed by atoms with Gasteiger partial charge in [0.15, 0.2) is 6.61 Å². The Morgan fingerprint density at radius 1 is 1.56 bits per heavy atom. The highest BCUT2D eigenvalue weighted by Crippen LogP contribution is 2.28. The van der Waals surface area contributed by atoms with E-state index in [0.717, 1.165) is 11.3 Å². The maximum absolute atomic E-state index is 10.8. The van der Waals surface area contributed by atoms with Crippen LogP contribution in [0, 0.1) is 0 Å². The summed E-state index contributed by atoms with van der Waals surface area (Å²) < 4.78 is 5.01. The molecule has 9 heavy (non-hydrogen) atoms. The summed E-state index contributed by atoms with van der Waals surface area (Å²) in [7, 11) is 0. The van der Waals surface area contributed by atoms with Crippen molar-refractivity contribution in [1.29, 1.82) is 0 Å². The molecule has 0 radical (unpaired) electrons. The van der Waals surface area contributed by atoms with E-state index in [4.69, 9.17) is 4.74 Å². The van der Waals surface area contributed by atoms with Crippen molar-refractivity contribution in [3.05, 3.63) is 16.3 Å². The minimum Gasteiger partial charge on any atom is -0.484 e. The van der Waals surface area contributed by atoms with Gasteiger partial charge in [0.1, 0.15) is 5.75 Å². The number of rotatable bonds is 0. The summed E-state index contributed by atoms with van der Waals surface area (Å²) in [6, 6.07) is 0. The number of ether oxygens (including phenoxy) is 1. The number of ketones is 1. The molecule has 0 aliphatic carbocycles. The van der Waals surface area contributed by atoms with E-state index >= 15 is 0 Å². The zero-order valence-electron chi connectivity index (χ0n) is 4.59. The molecule has 0 fully saturated rings. The third-order valence-electron chi connectivity index (χ3n) is 1.29. The van der Waals surface area contributed by atoms with Gasteiger partial charge < -0.3 is 4.74 Å². The second-order valence-corrected chi connectivity index (χ2v) is 2.61. The molecule has 1 aliphatic rings. The Hall–Kier alpha value is -0.830. The maximum Gasteiger partial charge on any atom is 0.204 e. The predicted octanol–water partition coefficient (Wildman–Crippen LogP) is 1.32. The van der Waals surface area contributed by atoms with Crippen molar-refractivity contribution >= 4 is 17.1 Å². The average Bonchev–Trinajstić information content (AvgIpc) is 2.35. The first-order valence-electron chi connectivity index (χ1n) is 2.60. The molecule has 0 saturated heterocycles. The van der Waals surface area contributed by atoms with Crippen LogP contribution < -0.4 is 4.74 Å². The van der Waals surface area contributed by atoms with Crippen LogP contribution in [0.2, 0.25) is 0 Å². The zero-order chi connectivity index (χ0) is 6.27. The molecule has 2 rings (SSSR count). The summed E-state index contributed by atoms with van der Waals surface area (Å²) in [5.41, 5.74) is 0.750. The van der Waals surface area contributed by atoms with Gasteiger partial charge in [0.05, 0.1) is 5.56 Å². The highest BCUT2D eigenvalue weighted by Gasteiger charge is 2.20. The lowest BCUT2D eigenvalue weighted by molar-refractivity contribution is 0.0961. The summed E-state index contributed by atoms with van der Waals surface area (Å²) in [5, 5.41) is 3.67. The van der Waals surface area contributed by atoms with E-state index < -0.39 is 0 Å². The van der Waals surface area contributed by atoms with Gasteiger partial charge in [0.2, 0.25) is 5.78 Å². The van der Waals surface area contributed by atoms with Crippen LogP contribution in [0.1, 0.15) is 10.4 Å². The van der Waals surface area contributed by atoms with Gasteiger partial charge in [-0.15, -0.1) is 11.3 Å². The molecular weight excluding hydrogens is 136 g/mol. The number of carbonyl (C=O) groups excluding carboxylic acids is 1. The average molecular weight is 140 g/mol. The van der Waals surface area contributed by atoms with E-state index in [2.05, 4.69) is 0 Å². The second kappa shape index (κ2) is 1.57. The third-order valence-corrected chi connectivity index (χ3v) is 2.01. The van der Waals surface area contributed by atoms with Crippen LogP contribution in [0.4, 0.5) is 0 Å². The van der Waals surface area contributed by atoms with Gasteiger partial charge in [-0.25, -0.2) is 0 Å². The summed E-state index contributed by atoms with van der Waals surface area (Å²) in [6.07, 6.45) is 0. The molecule has 0 bridgehead atoms. The van der Waals surface area contributed by atoms with E-state index in [9.17, 15) is 4.79 Å². The van der Waals surface area contributed by atoms with E-state index in [1.54, 1.807) is 0 Å². The normalized spacial score (nSPS) is 15.3. The van der Waals surface area contributed by atoms with Crippen LogP contribution in [-0.2, 0) is 0 Å². The summed E-state index contributed by atoms with van der Waals surface area (Å²) in [6.45, 7) is 0.234. The van der Waals surface area contributed by atoms with Crippen molar-refractivity contribution in [2.24, 2.45) is 0 Å². The smallest absolute Gasteiger partial charge is 0.204 e. The van der Waals surface area contributed by atoms with Gasteiger partial charge in [-0.1, -0.05) is 0 Å². The Labute approximate surface area is 56.1 Å². The number of carbonyl (C=O) groups is 1. The Bertz CT molecular complexity index is 251. The molecular formula is C6H4O2S. The summed E-state index contributed by atoms with van der Waals surface area (Å²) >= 11 is 1.50. The quantitative estimate of drug-likeness (QED) is 0.543. The van der Waals surface area contributed by atoms with E-state index in [0.29, 0.717) is 0 Å². The highest BCUT2D eigenvalue weighted by molar-refractivity contribution is 7.08. The molecule has 0 spiro atoms. The largest absolute Gasteiger partial charge is 0.484 e. The molecule has 3 heteroatoms. The molecule has 2 heterocycles. The van der Waals surface area contributed by atoms with Crippen LogP contribution in [0.25, 0.3) is 0 Å². The molecule has 1 aromatic heterocycles. The van der Waals surface area contributed by atoms with Gasteiger partial charge in [-0.05, 0) is 0 Å². The molecule has 46 valence electrons. The molecule has 0 unspecified atom stereocenters. The van der Waals surface area contributed by atoms with E-state index in [1.807, 2.05) is 10.8 Å². The van der Waals surface area contributed by atoms with Crippen molar-refractivity contribution in [3.63, 3.8) is 0 Å². The fourth-order valence-corrected chi connectivity index (χ4v) is 1.59. The first kappa shape index (κ1) is 4.99. The Kier molecular flexibility index (Phi) is 0.873. The van der Waals surface area contributed by atoms with E-state index in [-0.39, 0.29) is 12.4 Å². The van der Waals surface area contributed by atoms with Crippen molar-refractivity contribution in [3.8, 4) is 5.75 Å². The minimum atomic E-state index is 0.103. The number of hydrogen-bond acceptors (Lipinski definition) is 3. The number of fused-ring (bicyclic) bond motifs is 1. The standard InChI is InChI=1S/C6H4O2S/c7-5-1-8-6-3-9-2-4(5)6/h2-3H,1H2. The Morgan fingerprint density at radius 2 is 2.44 bits per heavy atom. The lowest BCUT2D eigenvalue weighted by Gasteiger charge is -1.85. The molecule has 2 nitrogen and oxygen atoms in total. The number of Topliss-reactive ketones (excluding diaryl/α,β-unsaturated/α-hetero) is 1. The number of hydrogen-bond donors (Lipinski definition) is 0. The molecule has 0 N–H and O–H groups in total. The monoisotopic (exact) mass is 140 g/mol. The fraction of sp³-hybridized carbons (Fsp3) is 0.167. The topological polar surface area (TPSA) is 26.3 Å². The Morgan fingerprint density at radius 3 is 3.22 bits per heavy atom.